The van der Waals surface area contributed by atoms with Gasteiger partial charge >= 0.3 is 0 Å². The summed E-state index contributed by atoms with van der Waals surface area (Å²) < 4.78 is 6.47. The summed E-state index contributed by atoms with van der Waals surface area (Å²) in [6.45, 7) is 1.73. The van der Waals surface area contributed by atoms with Gasteiger partial charge in [0.2, 0.25) is 0 Å². The summed E-state index contributed by atoms with van der Waals surface area (Å²) in [4.78, 5) is 8.92. The SMILES string of the molecule is CC(=S)Oc1nc(-c2nc3ccccc3s2)cs1. The van der Waals surface area contributed by atoms with Gasteiger partial charge < -0.3 is 4.74 Å². The maximum Gasteiger partial charge on any atom is 0.279 e. The first kappa shape index (κ1) is 11.7. The Labute approximate surface area is 117 Å². The summed E-state index contributed by atoms with van der Waals surface area (Å²) in [7, 11) is 0. The van der Waals surface area contributed by atoms with Crippen molar-refractivity contribution in [3.8, 4) is 15.9 Å². The number of ether oxygens (including phenoxy) is 1. The quantitative estimate of drug-likeness (QED) is 0.665. The maximum absolute atomic E-state index is 5.31. The van der Waals surface area contributed by atoms with Gasteiger partial charge in [0.05, 0.1) is 10.2 Å². The number of benzene rings is 1. The molecule has 0 saturated heterocycles. The normalized spacial score (nSPS) is 10.7. The molecular formula is C12H8N2OS3. The zero-order valence-electron chi connectivity index (χ0n) is 9.41. The number of rotatable bonds is 2. The highest BCUT2D eigenvalue weighted by Gasteiger charge is 2.10. The molecule has 3 rings (SSSR count). The van der Waals surface area contributed by atoms with Gasteiger partial charge in [0.25, 0.3) is 5.19 Å². The maximum atomic E-state index is 5.31. The number of fused-ring (bicyclic) bond motifs is 1. The third-order valence-corrected chi connectivity index (χ3v) is 4.09. The molecule has 0 radical (unpaired) electrons. The van der Waals surface area contributed by atoms with Gasteiger partial charge in [-0.1, -0.05) is 23.5 Å². The molecule has 0 N–H and O–H groups in total. The first-order valence-electron chi connectivity index (χ1n) is 5.22. The summed E-state index contributed by atoms with van der Waals surface area (Å²) in [6.07, 6.45) is 0. The zero-order valence-corrected chi connectivity index (χ0v) is 11.9. The molecule has 0 amide bonds. The minimum atomic E-state index is 0.472. The molecule has 0 saturated carbocycles. The molecule has 0 bridgehead atoms. The van der Waals surface area contributed by atoms with E-state index in [-0.39, 0.29) is 0 Å². The number of thiazole rings is 2. The van der Waals surface area contributed by atoms with Crippen molar-refractivity contribution in [2.45, 2.75) is 6.92 Å². The molecule has 0 fully saturated rings. The molecule has 2 aromatic heterocycles. The van der Waals surface area contributed by atoms with E-state index in [2.05, 4.69) is 16.0 Å². The highest BCUT2D eigenvalue weighted by Crippen LogP contribution is 2.32. The predicted octanol–water partition coefficient (Wildman–Crippen LogP) is 4.15. The van der Waals surface area contributed by atoms with E-state index in [1.807, 2.05) is 23.6 Å². The lowest BCUT2D eigenvalue weighted by atomic mass is 10.3. The van der Waals surface area contributed by atoms with Crippen LogP contribution in [0.4, 0.5) is 0 Å². The summed E-state index contributed by atoms with van der Waals surface area (Å²) >= 11 is 7.94. The fourth-order valence-electron chi connectivity index (χ4n) is 1.51. The van der Waals surface area contributed by atoms with Crippen molar-refractivity contribution in [1.82, 2.24) is 9.97 Å². The highest BCUT2D eigenvalue weighted by atomic mass is 32.1. The van der Waals surface area contributed by atoms with Crippen molar-refractivity contribution in [3.63, 3.8) is 0 Å². The van der Waals surface area contributed by atoms with Crippen molar-refractivity contribution in [2.75, 3.05) is 0 Å². The van der Waals surface area contributed by atoms with Crippen LogP contribution < -0.4 is 4.74 Å². The van der Waals surface area contributed by atoms with Crippen molar-refractivity contribution in [1.29, 1.82) is 0 Å². The average Bonchev–Trinajstić information content (AvgIpc) is 2.93. The van der Waals surface area contributed by atoms with E-state index in [4.69, 9.17) is 17.0 Å². The molecule has 3 nitrogen and oxygen atoms in total. The Hall–Kier alpha value is -1.37. The highest BCUT2D eigenvalue weighted by molar-refractivity contribution is 7.80. The Bertz CT molecular complexity index is 684. The second kappa shape index (κ2) is 4.72. The Kier molecular flexibility index (Phi) is 3.07. The van der Waals surface area contributed by atoms with Crippen LogP contribution in [0.15, 0.2) is 29.6 Å². The number of hydrogen-bond donors (Lipinski definition) is 0. The van der Waals surface area contributed by atoms with Crippen LogP contribution in [0.2, 0.25) is 0 Å². The summed E-state index contributed by atoms with van der Waals surface area (Å²) in [5.41, 5.74) is 1.84. The van der Waals surface area contributed by atoms with Gasteiger partial charge in [0, 0.05) is 12.3 Å². The molecular weight excluding hydrogens is 284 g/mol. The molecule has 90 valence electrons. The number of thiocarbonyl (C=S) groups is 1. The number of para-hydroxylation sites is 1. The van der Waals surface area contributed by atoms with Crippen molar-refractivity contribution >= 4 is 50.2 Å². The molecule has 18 heavy (non-hydrogen) atoms. The minimum absolute atomic E-state index is 0.472. The van der Waals surface area contributed by atoms with Crippen LogP contribution in [0.1, 0.15) is 6.92 Å². The second-order valence-electron chi connectivity index (χ2n) is 3.58. The van der Waals surface area contributed by atoms with Gasteiger partial charge in [-0.15, -0.1) is 11.3 Å². The topological polar surface area (TPSA) is 35.0 Å². The molecule has 0 aliphatic heterocycles. The van der Waals surface area contributed by atoms with Crippen molar-refractivity contribution < 1.29 is 4.74 Å². The standard InChI is InChI=1S/C12H8N2OS3/c1-7(16)15-12-14-9(6-17-12)11-13-8-4-2-3-5-10(8)18-11/h2-6H,1H3. The van der Waals surface area contributed by atoms with E-state index in [9.17, 15) is 0 Å². The number of nitrogens with zero attached hydrogens (tertiary/aromatic N) is 2. The van der Waals surface area contributed by atoms with Gasteiger partial charge in [0.15, 0.2) is 5.05 Å². The molecule has 2 heterocycles. The molecule has 3 aromatic rings. The Morgan fingerprint density at radius 1 is 1.28 bits per heavy atom. The van der Waals surface area contributed by atoms with E-state index >= 15 is 0 Å². The summed E-state index contributed by atoms with van der Waals surface area (Å²) in [5.74, 6) is 0. The lowest BCUT2D eigenvalue weighted by molar-refractivity contribution is 0.556. The molecule has 0 atom stereocenters. The van der Waals surface area contributed by atoms with Crippen LogP contribution in [0.5, 0.6) is 5.19 Å². The van der Waals surface area contributed by atoms with Crippen LogP contribution in [0.25, 0.3) is 20.9 Å². The third-order valence-electron chi connectivity index (χ3n) is 2.23. The van der Waals surface area contributed by atoms with Gasteiger partial charge in [-0.2, -0.15) is 4.98 Å². The Balaban J connectivity index is 1.98. The van der Waals surface area contributed by atoms with Crippen LogP contribution in [-0.4, -0.2) is 15.0 Å². The smallest absolute Gasteiger partial charge is 0.279 e. The molecule has 6 heteroatoms. The fraction of sp³-hybridized carbons (Fsp3) is 0.0833. The van der Waals surface area contributed by atoms with Crippen LogP contribution >= 0.6 is 34.9 Å². The van der Waals surface area contributed by atoms with Gasteiger partial charge in [-0.25, -0.2) is 4.98 Å². The van der Waals surface area contributed by atoms with Gasteiger partial charge in [-0.3, -0.25) is 0 Å². The van der Waals surface area contributed by atoms with Crippen molar-refractivity contribution in [3.05, 3.63) is 29.6 Å². The molecule has 0 spiro atoms. The Morgan fingerprint density at radius 2 is 2.11 bits per heavy atom. The average molecular weight is 292 g/mol. The van der Waals surface area contributed by atoms with E-state index in [1.165, 1.54) is 11.3 Å². The first-order valence-corrected chi connectivity index (χ1v) is 7.33. The monoisotopic (exact) mass is 292 g/mol. The third kappa shape index (κ3) is 2.27. The molecule has 0 unspecified atom stereocenters. The summed E-state index contributed by atoms with van der Waals surface area (Å²) in [6, 6.07) is 8.05. The van der Waals surface area contributed by atoms with Gasteiger partial charge in [0.1, 0.15) is 10.7 Å². The Morgan fingerprint density at radius 3 is 2.89 bits per heavy atom. The minimum Gasteiger partial charge on any atom is -0.424 e. The summed E-state index contributed by atoms with van der Waals surface area (Å²) in [5, 5.41) is 3.88. The van der Waals surface area contributed by atoms with E-state index in [0.29, 0.717) is 10.2 Å². The predicted molar refractivity (Wildman–Crippen MR) is 79.6 cm³/mol. The van der Waals surface area contributed by atoms with Crippen LogP contribution in [-0.2, 0) is 0 Å². The van der Waals surface area contributed by atoms with E-state index in [1.54, 1.807) is 18.3 Å². The van der Waals surface area contributed by atoms with E-state index in [0.717, 1.165) is 20.9 Å². The molecule has 1 aromatic carbocycles. The van der Waals surface area contributed by atoms with Crippen LogP contribution in [0.3, 0.4) is 0 Å². The lowest BCUT2D eigenvalue weighted by Crippen LogP contribution is -1.97. The first-order chi connectivity index (χ1) is 8.72. The fourth-order valence-corrected chi connectivity index (χ4v) is 3.34. The van der Waals surface area contributed by atoms with Gasteiger partial charge in [-0.05, 0) is 24.4 Å². The zero-order chi connectivity index (χ0) is 12.5. The second-order valence-corrected chi connectivity index (χ2v) is 6.01. The van der Waals surface area contributed by atoms with Crippen LogP contribution in [0, 0.1) is 0 Å². The number of hydrogen-bond acceptors (Lipinski definition) is 6. The lowest BCUT2D eigenvalue weighted by Gasteiger charge is -1.94. The van der Waals surface area contributed by atoms with E-state index < -0.39 is 0 Å². The van der Waals surface area contributed by atoms with Crippen molar-refractivity contribution in [2.24, 2.45) is 0 Å². The number of aromatic nitrogens is 2. The largest absolute Gasteiger partial charge is 0.424 e. The molecule has 0 aliphatic carbocycles. The molecule has 0 aliphatic rings.